The van der Waals surface area contributed by atoms with Crippen LogP contribution in [0.2, 0.25) is 0 Å². The first-order chi connectivity index (χ1) is 9.48. The van der Waals surface area contributed by atoms with Crippen LogP contribution in [0.5, 0.6) is 5.75 Å². The van der Waals surface area contributed by atoms with Crippen molar-refractivity contribution in [3.8, 4) is 11.8 Å². The molecule has 1 unspecified atom stereocenters. The summed E-state index contributed by atoms with van der Waals surface area (Å²) < 4.78 is 5.45. The normalized spacial score (nSPS) is 12.8. The molecule has 110 valence electrons. The van der Waals surface area contributed by atoms with Gasteiger partial charge in [-0.2, -0.15) is 5.26 Å². The average Bonchev–Trinajstić information content (AvgIpc) is 2.44. The second-order valence-corrected chi connectivity index (χ2v) is 5.93. The zero-order chi connectivity index (χ0) is 15.0. The number of rotatable bonds is 8. The average molecular weight is 274 g/mol. The third kappa shape index (κ3) is 5.63. The van der Waals surface area contributed by atoms with Crippen molar-refractivity contribution in [3.63, 3.8) is 0 Å². The molecule has 1 aromatic rings. The van der Waals surface area contributed by atoms with Crippen molar-refractivity contribution in [2.24, 2.45) is 5.41 Å². The minimum Gasteiger partial charge on any atom is -0.494 e. The highest BCUT2D eigenvalue weighted by molar-refractivity contribution is 5.28. The number of hydrogen-bond acceptors (Lipinski definition) is 3. The van der Waals surface area contributed by atoms with Gasteiger partial charge in [-0.1, -0.05) is 26.0 Å². The summed E-state index contributed by atoms with van der Waals surface area (Å²) in [6.45, 7) is 10.1. The Bertz CT molecular complexity index is 431. The van der Waals surface area contributed by atoms with Crippen LogP contribution in [0.1, 0.15) is 52.1 Å². The van der Waals surface area contributed by atoms with Crippen molar-refractivity contribution in [2.75, 3.05) is 13.2 Å². The van der Waals surface area contributed by atoms with E-state index in [-0.39, 0.29) is 5.41 Å². The maximum absolute atomic E-state index is 8.67. The van der Waals surface area contributed by atoms with Crippen molar-refractivity contribution >= 4 is 0 Å². The van der Waals surface area contributed by atoms with Gasteiger partial charge < -0.3 is 10.1 Å². The van der Waals surface area contributed by atoms with Crippen LogP contribution in [0.15, 0.2) is 24.3 Å². The Morgan fingerprint density at radius 1 is 1.30 bits per heavy atom. The smallest absolute Gasteiger partial charge is 0.119 e. The van der Waals surface area contributed by atoms with E-state index in [0.717, 1.165) is 18.7 Å². The Balaban J connectivity index is 2.50. The van der Waals surface area contributed by atoms with Gasteiger partial charge in [-0.3, -0.25) is 0 Å². The van der Waals surface area contributed by atoms with Gasteiger partial charge in [0.1, 0.15) is 5.75 Å². The zero-order valence-corrected chi connectivity index (χ0v) is 13.1. The van der Waals surface area contributed by atoms with Gasteiger partial charge in [-0.15, -0.1) is 0 Å². The van der Waals surface area contributed by atoms with E-state index in [1.54, 1.807) is 0 Å². The van der Waals surface area contributed by atoms with Crippen LogP contribution in [0, 0.1) is 16.7 Å². The van der Waals surface area contributed by atoms with Crippen LogP contribution in [0.4, 0.5) is 0 Å². The lowest BCUT2D eigenvalue weighted by Gasteiger charge is -2.26. The number of nitrogens with zero attached hydrogens (tertiary/aromatic N) is 1. The number of benzene rings is 1. The van der Waals surface area contributed by atoms with Gasteiger partial charge >= 0.3 is 0 Å². The summed E-state index contributed by atoms with van der Waals surface area (Å²) in [4.78, 5) is 0. The molecule has 0 spiro atoms. The van der Waals surface area contributed by atoms with Crippen LogP contribution in [0.3, 0.4) is 0 Å². The second-order valence-electron chi connectivity index (χ2n) is 5.93. The first-order valence-electron chi connectivity index (χ1n) is 7.31. The van der Waals surface area contributed by atoms with Gasteiger partial charge in [0.15, 0.2) is 0 Å². The Morgan fingerprint density at radius 2 is 1.95 bits per heavy atom. The highest BCUT2D eigenvalue weighted by atomic mass is 16.5. The molecule has 0 radical (unpaired) electrons. The van der Waals surface area contributed by atoms with E-state index in [4.69, 9.17) is 10.00 Å². The monoisotopic (exact) mass is 274 g/mol. The lowest BCUT2D eigenvalue weighted by Crippen LogP contribution is -2.31. The Kier molecular flexibility index (Phi) is 6.54. The Labute approximate surface area is 123 Å². The molecule has 0 aliphatic heterocycles. The number of nitrogens with one attached hydrogen (secondary N) is 1. The predicted molar refractivity (Wildman–Crippen MR) is 82.7 cm³/mol. The van der Waals surface area contributed by atoms with Crippen LogP contribution >= 0.6 is 0 Å². The highest BCUT2D eigenvalue weighted by Gasteiger charge is 2.18. The van der Waals surface area contributed by atoms with Crippen LogP contribution < -0.4 is 10.1 Å². The lowest BCUT2D eigenvalue weighted by atomic mass is 9.87. The van der Waals surface area contributed by atoms with Crippen molar-refractivity contribution < 1.29 is 4.74 Å². The van der Waals surface area contributed by atoms with Gasteiger partial charge in [0.25, 0.3) is 0 Å². The summed E-state index contributed by atoms with van der Waals surface area (Å²) in [7, 11) is 0. The molecule has 1 aromatic carbocycles. The molecule has 0 amide bonds. The second kappa shape index (κ2) is 7.91. The number of ether oxygens (including phenoxy) is 1. The predicted octanol–water partition coefficient (Wildman–Crippen LogP) is 4.07. The maximum atomic E-state index is 8.67. The molecule has 0 saturated heterocycles. The van der Waals surface area contributed by atoms with Crippen molar-refractivity contribution in [3.05, 3.63) is 29.8 Å². The summed E-state index contributed by atoms with van der Waals surface area (Å²) in [6.07, 6.45) is 1.54. The third-order valence-electron chi connectivity index (χ3n) is 3.49. The van der Waals surface area contributed by atoms with E-state index in [0.29, 0.717) is 19.1 Å². The minimum absolute atomic E-state index is 0.148. The molecule has 0 aliphatic carbocycles. The maximum Gasteiger partial charge on any atom is 0.119 e. The molecule has 0 aliphatic rings. The topological polar surface area (TPSA) is 45.0 Å². The Hall–Kier alpha value is -1.53. The van der Waals surface area contributed by atoms with Crippen molar-refractivity contribution in [1.29, 1.82) is 5.26 Å². The van der Waals surface area contributed by atoms with Crippen molar-refractivity contribution in [2.45, 2.75) is 46.6 Å². The van der Waals surface area contributed by atoms with Crippen LogP contribution in [-0.2, 0) is 0 Å². The molecule has 0 fully saturated rings. The third-order valence-corrected chi connectivity index (χ3v) is 3.49. The van der Waals surface area contributed by atoms with Crippen LogP contribution in [0.25, 0.3) is 0 Å². The highest BCUT2D eigenvalue weighted by Crippen LogP contribution is 2.23. The quantitative estimate of drug-likeness (QED) is 0.777. The van der Waals surface area contributed by atoms with E-state index in [2.05, 4.69) is 44.3 Å². The molecule has 3 heteroatoms. The van der Waals surface area contributed by atoms with E-state index in [9.17, 15) is 0 Å². The molecule has 3 nitrogen and oxygen atoms in total. The molecule has 20 heavy (non-hydrogen) atoms. The standard InChI is InChI=1S/C17H26N2O/c1-5-20-16-9-7-15(8-10-16)14(2)19-13-17(3,4)11-6-12-18/h7-10,14,19H,5-6,11,13H2,1-4H3. The van der Waals surface area contributed by atoms with E-state index in [1.807, 2.05) is 19.1 Å². The summed E-state index contributed by atoms with van der Waals surface area (Å²) in [5.74, 6) is 0.915. The first-order valence-corrected chi connectivity index (χ1v) is 7.31. The number of nitriles is 1. The first kappa shape index (κ1) is 16.5. The lowest BCUT2D eigenvalue weighted by molar-refractivity contribution is 0.304. The van der Waals surface area contributed by atoms with Gasteiger partial charge in [0.05, 0.1) is 12.7 Å². The van der Waals surface area contributed by atoms with Gasteiger partial charge in [0, 0.05) is 19.0 Å². The fraction of sp³-hybridized carbons (Fsp3) is 0.588. The van der Waals surface area contributed by atoms with Crippen molar-refractivity contribution in [1.82, 2.24) is 5.32 Å². The molecule has 0 saturated carbocycles. The van der Waals surface area contributed by atoms with Gasteiger partial charge in [0.2, 0.25) is 0 Å². The number of hydrogen-bond donors (Lipinski definition) is 1. The Morgan fingerprint density at radius 3 is 2.50 bits per heavy atom. The van der Waals surface area contributed by atoms with E-state index >= 15 is 0 Å². The summed E-state index contributed by atoms with van der Waals surface area (Å²) >= 11 is 0. The molecular weight excluding hydrogens is 248 g/mol. The fourth-order valence-corrected chi connectivity index (χ4v) is 2.05. The summed E-state index contributed by atoms with van der Waals surface area (Å²) in [6, 6.07) is 10.7. The molecular formula is C17H26N2O. The van der Waals surface area contributed by atoms with Crippen LogP contribution in [-0.4, -0.2) is 13.2 Å². The SMILES string of the molecule is CCOc1ccc(C(C)NCC(C)(C)CCC#N)cc1. The zero-order valence-electron chi connectivity index (χ0n) is 13.1. The van der Waals surface area contributed by atoms with Gasteiger partial charge in [-0.05, 0) is 43.4 Å². The molecule has 1 rings (SSSR count). The molecule has 1 N–H and O–H groups in total. The fourth-order valence-electron chi connectivity index (χ4n) is 2.05. The molecule has 0 heterocycles. The molecule has 1 atom stereocenters. The largest absolute Gasteiger partial charge is 0.494 e. The molecule has 0 aromatic heterocycles. The van der Waals surface area contributed by atoms with E-state index < -0.39 is 0 Å². The van der Waals surface area contributed by atoms with Gasteiger partial charge in [-0.25, -0.2) is 0 Å². The molecule has 0 bridgehead atoms. The summed E-state index contributed by atoms with van der Waals surface area (Å²) in [5, 5.41) is 12.2. The minimum atomic E-state index is 0.148. The van der Waals surface area contributed by atoms with E-state index in [1.165, 1.54) is 5.56 Å². The summed E-state index contributed by atoms with van der Waals surface area (Å²) in [5.41, 5.74) is 1.40.